The van der Waals surface area contributed by atoms with Crippen molar-refractivity contribution >= 4 is 38.6 Å². The molecule has 0 radical (unpaired) electrons. The summed E-state index contributed by atoms with van der Waals surface area (Å²) in [6, 6.07) is 12.9. The van der Waals surface area contributed by atoms with Gasteiger partial charge in [-0.25, -0.2) is 8.42 Å². The Balaban J connectivity index is 1.71. The van der Waals surface area contributed by atoms with E-state index in [9.17, 15) is 26.4 Å². The van der Waals surface area contributed by atoms with Gasteiger partial charge in [-0.15, -0.1) is 11.3 Å². The van der Waals surface area contributed by atoms with Gasteiger partial charge in [0.05, 0.1) is 5.56 Å². The van der Waals surface area contributed by atoms with E-state index in [0.29, 0.717) is 0 Å². The molecule has 1 heterocycles. The molecule has 0 aliphatic carbocycles. The molecule has 0 saturated carbocycles. The first kappa shape index (κ1) is 19.9. The van der Waals surface area contributed by atoms with Crippen LogP contribution < -0.4 is 10.0 Å². The number of alkyl halides is 3. The van der Waals surface area contributed by atoms with Gasteiger partial charge in [-0.1, -0.05) is 12.1 Å². The summed E-state index contributed by atoms with van der Waals surface area (Å²) in [5.41, 5.74) is -0.452. The fraction of sp³-hybridized carbons (Fsp3) is 0.0556. The fourth-order valence-electron chi connectivity index (χ4n) is 2.29. The van der Waals surface area contributed by atoms with Gasteiger partial charge in [-0.3, -0.25) is 9.52 Å². The van der Waals surface area contributed by atoms with E-state index in [-0.39, 0.29) is 21.1 Å². The lowest BCUT2D eigenvalue weighted by molar-refractivity contribution is -0.137. The summed E-state index contributed by atoms with van der Waals surface area (Å²) < 4.78 is 65.1. The first-order chi connectivity index (χ1) is 13.1. The number of nitrogens with one attached hydrogen (secondary N) is 2. The van der Waals surface area contributed by atoms with Crippen molar-refractivity contribution in [2.75, 3.05) is 10.0 Å². The third kappa shape index (κ3) is 4.70. The Morgan fingerprint density at radius 2 is 1.64 bits per heavy atom. The molecule has 0 bridgehead atoms. The maximum absolute atomic E-state index is 12.7. The number of halogens is 3. The minimum absolute atomic E-state index is 0.00213. The number of hydrogen-bond acceptors (Lipinski definition) is 4. The molecule has 28 heavy (non-hydrogen) atoms. The molecule has 2 N–H and O–H groups in total. The topological polar surface area (TPSA) is 75.3 Å². The highest BCUT2D eigenvalue weighted by Gasteiger charge is 2.30. The summed E-state index contributed by atoms with van der Waals surface area (Å²) in [5.74, 6) is -0.619. The summed E-state index contributed by atoms with van der Waals surface area (Å²) in [6.45, 7) is 0. The number of sulfonamides is 1. The molecule has 3 aromatic rings. The number of anilines is 2. The predicted molar refractivity (Wildman–Crippen MR) is 101 cm³/mol. The minimum Gasteiger partial charge on any atom is -0.322 e. The van der Waals surface area contributed by atoms with Crippen LogP contribution in [0.25, 0.3) is 0 Å². The molecule has 146 valence electrons. The maximum Gasteiger partial charge on any atom is 0.416 e. The number of thiophene rings is 1. The molecule has 0 aliphatic heterocycles. The van der Waals surface area contributed by atoms with Gasteiger partial charge in [0, 0.05) is 16.9 Å². The van der Waals surface area contributed by atoms with E-state index < -0.39 is 27.7 Å². The van der Waals surface area contributed by atoms with E-state index in [1.165, 1.54) is 42.5 Å². The second kappa shape index (κ2) is 7.64. The number of carbonyl (C=O) groups is 1. The Morgan fingerprint density at radius 1 is 0.929 bits per heavy atom. The van der Waals surface area contributed by atoms with Crippen LogP contribution in [-0.4, -0.2) is 14.3 Å². The van der Waals surface area contributed by atoms with Crippen LogP contribution in [0.4, 0.5) is 24.5 Å². The molecule has 1 amide bonds. The van der Waals surface area contributed by atoms with Gasteiger partial charge in [-0.2, -0.15) is 13.2 Å². The number of amides is 1. The lowest BCUT2D eigenvalue weighted by Gasteiger charge is -2.10. The minimum atomic E-state index is -4.51. The van der Waals surface area contributed by atoms with E-state index in [2.05, 4.69) is 10.0 Å². The Morgan fingerprint density at radius 3 is 2.25 bits per heavy atom. The van der Waals surface area contributed by atoms with E-state index in [1.54, 1.807) is 11.4 Å². The first-order valence-electron chi connectivity index (χ1n) is 7.80. The van der Waals surface area contributed by atoms with Crippen molar-refractivity contribution in [2.24, 2.45) is 0 Å². The van der Waals surface area contributed by atoms with Crippen LogP contribution in [0.3, 0.4) is 0 Å². The fourth-order valence-corrected chi connectivity index (χ4v) is 4.34. The molecule has 2 aromatic carbocycles. The lowest BCUT2D eigenvalue weighted by Crippen LogP contribution is -2.14. The van der Waals surface area contributed by atoms with Gasteiger partial charge in [-0.05, 0) is 53.9 Å². The summed E-state index contributed by atoms with van der Waals surface area (Å²) in [5, 5.41) is 4.02. The number of benzene rings is 2. The number of hydrogen-bond donors (Lipinski definition) is 2. The van der Waals surface area contributed by atoms with Gasteiger partial charge in [0.25, 0.3) is 15.9 Å². The van der Waals surface area contributed by atoms with Crippen molar-refractivity contribution in [3.8, 4) is 0 Å². The van der Waals surface area contributed by atoms with Crippen molar-refractivity contribution in [3.63, 3.8) is 0 Å². The largest absolute Gasteiger partial charge is 0.416 e. The van der Waals surface area contributed by atoms with Crippen LogP contribution in [0.5, 0.6) is 0 Å². The Bertz CT molecular complexity index is 1080. The molecular formula is C18H13F3N2O3S2. The van der Waals surface area contributed by atoms with E-state index in [1.807, 2.05) is 0 Å². The van der Waals surface area contributed by atoms with Crippen LogP contribution in [0.1, 0.15) is 15.9 Å². The standard InChI is InChI=1S/C18H13F3N2O3S2/c19-18(20,21)13-3-1-4-15(11-13)22-17(24)12-6-8-14(9-7-12)23-28(25,26)16-5-2-10-27-16/h1-11,23H,(H,22,24). The van der Waals surface area contributed by atoms with Crippen LogP contribution in [-0.2, 0) is 16.2 Å². The highest BCUT2D eigenvalue weighted by atomic mass is 32.2. The summed E-state index contributed by atoms with van der Waals surface area (Å²) >= 11 is 1.07. The summed E-state index contributed by atoms with van der Waals surface area (Å²) in [7, 11) is -3.71. The third-order valence-electron chi connectivity index (χ3n) is 3.61. The Labute approximate surface area is 162 Å². The van der Waals surface area contributed by atoms with E-state index >= 15 is 0 Å². The molecule has 0 saturated heterocycles. The highest BCUT2D eigenvalue weighted by molar-refractivity contribution is 7.94. The SMILES string of the molecule is O=C(Nc1cccc(C(F)(F)F)c1)c1ccc(NS(=O)(=O)c2cccs2)cc1. The van der Waals surface area contributed by atoms with E-state index in [4.69, 9.17) is 0 Å². The number of rotatable bonds is 5. The summed E-state index contributed by atoms with van der Waals surface area (Å²) in [6.07, 6.45) is -4.51. The van der Waals surface area contributed by atoms with Crippen molar-refractivity contribution < 1.29 is 26.4 Å². The average molecular weight is 426 g/mol. The van der Waals surface area contributed by atoms with Crippen LogP contribution in [0.15, 0.2) is 70.3 Å². The molecule has 0 aliphatic rings. The molecule has 0 spiro atoms. The number of carbonyl (C=O) groups excluding carboxylic acids is 1. The smallest absolute Gasteiger partial charge is 0.322 e. The molecule has 0 atom stereocenters. The Hall–Kier alpha value is -2.85. The lowest BCUT2D eigenvalue weighted by atomic mass is 10.1. The van der Waals surface area contributed by atoms with Gasteiger partial charge in [0.2, 0.25) is 0 Å². The average Bonchev–Trinajstić information content (AvgIpc) is 3.17. The molecule has 5 nitrogen and oxygen atoms in total. The van der Waals surface area contributed by atoms with Crippen LogP contribution >= 0.6 is 11.3 Å². The predicted octanol–water partition coefficient (Wildman–Crippen LogP) is 4.82. The summed E-state index contributed by atoms with van der Waals surface area (Å²) in [4.78, 5) is 12.2. The zero-order chi connectivity index (χ0) is 20.4. The molecule has 3 rings (SSSR count). The van der Waals surface area contributed by atoms with Gasteiger partial charge in [0.1, 0.15) is 4.21 Å². The maximum atomic E-state index is 12.7. The van der Waals surface area contributed by atoms with Gasteiger partial charge < -0.3 is 5.32 Å². The van der Waals surface area contributed by atoms with Crippen LogP contribution in [0.2, 0.25) is 0 Å². The quantitative estimate of drug-likeness (QED) is 0.614. The Kier molecular flexibility index (Phi) is 5.43. The highest BCUT2D eigenvalue weighted by Crippen LogP contribution is 2.30. The molecule has 1 aromatic heterocycles. The van der Waals surface area contributed by atoms with Crippen molar-refractivity contribution in [3.05, 3.63) is 77.2 Å². The molecule has 0 unspecified atom stereocenters. The van der Waals surface area contributed by atoms with Crippen LogP contribution in [0, 0.1) is 0 Å². The van der Waals surface area contributed by atoms with Gasteiger partial charge >= 0.3 is 6.18 Å². The van der Waals surface area contributed by atoms with Crippen molar-refractivity contribution in [1.29, 1.82) is 0 Å². The third-order valence-corrected chi connectivity index (χ3v) is 6.39. The zero-order valence-corrected chi connectivity index (χ0v) is 15.7. The molecule has 10 heteroatoms. The molecule has 0 fully saturated rings. The van der Waals surface area contributed by atoms with E-state index in [0.717, 1.165) is 23.5 Å². The first-order valence-corrected chi connectivity index (χ1v) is 10.2. The van der Waals surface area contributed by atoms with Crippen molar-refractivity contribution in [1.82, 2.24) is 0 Å². The van der Waals surface area contributed by atoms with Gasteiger partial charge in [0.15, 0.2) is 0 Å². The monoisotopic (exact) mass is 426 g/mol. The van der Waals surface area contributed by atoms with Crippen molar-refractivity contribution in [2.45, 2.75) is 10.4 Å². The normalized spacial score (nSPS) is 11.8. The molecular weight excluding hydrogens is 413 g/mol. The second-order valence-corrected chi connectivity index (χ2v) is 8.50. The second-order valence-electron chi connectivity index (χ2n) is 5.65. The zero-order valence-electron chi connectivity index (χ0n) is 14.0.